The van der Waals surface area contributed by atoms with Crippen molar-refractivity contribution in [2.24, 2.45) is 5.92 Å². The van der Waals surface area contributed by atoms with Crippen LogP contribution in [0.3, 0.4) is 0 Å². The third-order valence-electron chi connectivity index (χ3n) is 3.65. The molecule has 0 spiro atoms. The Balaban J connectivity index is 1.81. The van der Waals surface area contributed by atoms with Crippen molar-refractivity contribution in [1.29, 1.82) is 0 Å². The van der Waals surface area contributed by atoms with Crippen molar-refractivity contribution in [2.75, 3.05) is 13.1 Å². The summed E-state index contributed by atoms with van der Waals surface area (Å²) in [6.45, 7) is 2.39. The maximum atomic E-state index is 3.43. The first-order chi connectivity index (χ1) is 7.43. The molecule has 1 aromatic carbocycles. The average Bonchev–Trinajstić information content (AvgIpc) is 2.74. The zero-order valence-electron chi connectivity index (χ0n) is 9.00. The van der Waals surface area contributed by atoms with E-state index in [2.05, 4.69) is 35.7 Å². The van der Waals surface area contributed by atoms with Crippen molar-refractivity contribution >= 4 is 6.08 Å². The van der Waals surface area contributed by atoms with Crippen LogP contribution in [0.4, 0.5) is 0 Å². The van der Waals surface area contributed by atoms with Crippen LogP contribution in [-0.2, 0) is 6.42 Å². The minimum absolute atomic E-state index is 0.832. The summed E-state index contributed by atoms with van der Waals surface area (Å²) >= 11 is 0. The summed E-state index contributed by atoms with van der Waals surface area (Å²) in [5.74, 6) is 0.832. The molecule has 1 nitrogen and oxygen atoms in total. The molecule has 1 saturated heterocycles. The lowest BCUT2D eigenvalue weighted by molar-refractivity contribution is 0.418. The zero-order chi connectivity index (χ0) is 10.1. The molecule has 1 aliphatic heterocycles. The largest absolute Gasteiger partial charge is 0.317 e. The SMILES string of the molecule is C1=C(C2CCNCC2)Cc2ccccc21. The fourth-order valence-corrected chi connectivity index (χ4v) is 2.76. The second kappa shape index (κ2) is 3.82. The second-order valence-corrected chi connectivity index (χ2v) is 4.62. The molecular weight excluding hydrogens is 182 g/mol. The molecule has 1 heterocycles. The summed E-state index contributed by atoms with van der Waals surface area (Å²) in [7, 11) is 0. The topological polar surface area (TPSA) is 12.0 Å². The normalized spacial score (nSPS) is 21.2. The fourth-order valence-electron chi connectivity index (χ4n) is 2.76. The van der Waals surface area contributed by atoms with Gasteiger partial charge >= 0.3 is 0 Å². The van der Waals surface area contributed by atoms with Crippen LogP contribution in [0.5, 0.6) is 0 Å². The van der Waals surface area contributed by atoms with Gasteiger partial charge in [0, 0.05) is 0 Å². The van der Waals surface area contributed by atoms with E-state index in [1.165, 1.54) is 43.5 Å². The van der Waals surface area contributed by atoms with Crippen LogP contribution in [0.25, 0.3) is 6.08 Å². The molecule has 0 bridgehead atoms. The molecule has 0 amide bonds. The standard InChI is InChI=1S/C14H17N/c1-2-4-13-10-14(9-12(13)3-1)11-5-7-15-8-6-11/h1-4,9,11,15H,5-8,10H2. The van der Waals surface area contributed by atoms with Crippen molar-refractivity contribution in [3.8, 4) is 0 Å². The van der Waals surface area contributed by atoms with Gasteiger partial charge in [0.1, 0.15) is 0 Å². The van der Waals surface area contributed by atoms with Crippen LogP contribution >= 0.6 is 0 Å². The number of piperidine rings is 1. The van der Waals surface area contributed by atoms with Gasteiger partial charge in [-0.3, -0.25) is 0 Å². The number of rotatable bonds is 1. The summed E-state index contributed by atoms with van der Waals surface area (Å²) in [6.07, 6.45) is 6.26. The molecule has 1 heteroatoms. The van der Waals surface area contributed by atoms with Crippen molar-refractivity contribution in [3.05, 3.63) is 41.0 Å². The van der Waals surface area contributed by atoms with E-state index in [0.717, 1.165) is 5.92 Å². The Morgan fingerprint density at radius 2 is 1.87 bits per heavy atom. The molecule has 3 rings (SSSR count). The van der Waals surface area contributed by atoms with Crippen LogP contribution in [0.1, 0.15) is 24.0 Å². The molecular formula is C14H17N. The monoisotopic (exact) mass is 199 g/mol. The molecule has 0 saturated carbocycles. The van der Waals surface area contributed by atoms with Gasteiger partial charge in [-0.2, -0.15) is 0 Å². The first-order valence-electron chi connectivity index (χ1n) is 5.92. The van der Waals surface area contributed by atoms with Crippen molar-refractivity contribution < 1.29 is 0 Å². The predicted molar refractivity (Wildman–Crippen MR) is 63.7 cm³/mol. The van der Waals surface area contributed by atoms with Gasteiger partial charge in [0.05, 0.1) is 0 Å². The van der Waals surface area contributed by atoms with Crippen LogP contribution in [0, 0.1) is 5.92 Å². The van der Waals surface area contributed by atoms with Gasteiger partial charge in [-0.1, -0.05) is 35.9 Å². The van der Waals surface area contributed by atoms with Gasteiger partial charge in [0.15, 0.2) is 0 Å². The molecule has 1 fully saturated rings. The first kappa shape index (κ1) is 9.17. The summed E-state index contributed by atoms with van der Waals surface area (Å²) in [4.78, 5) is 0. The van der Waals surface area contributed by atoms with E-state index >= 15 is 0 Å². The molecule has 0 radical (unpaired) electrons. The summed E-state index contributed by atoms with van der Waals surface area (Å²) < 4.78 is 0. The Hall–Kier alpha value is -1.08. The Morgan fingerprint density at radius 1 is 1.07 bits per heavy atom. The quantitative estimate of drug-likeness (QED) is 0.733. The lowest BCUT2D eigenvalue weighted by Gasteiger charge is -2.23. The fraction of sp³-hybridized carbons (Fsp3) is 0.429. The van der Waals surface area contributed by atoms with E-state index in [-0.39, 0.29) is 0 Å². The molecule has 1 aromatic rings. The smallest absolute Gasteiger partial charge is 0.00432 e. The van der Waals surface area contributed by atoms with Gasteiger partial charge in [-0.25, -0.2) is 0 Å². The van der Waals surface area contributed by atoms with E-state index in [1.807, 2.05) is 0 Å². The number of hydrogen-bond donors (Lipinski definition) is 1. The van der Waals surface area contributed by atoms with E-state index in [9.17, 15) is 0 Å². The summed E-state index contributed by atoms with van der Waals surface area (Å²) in [6, 6.07) is 8.79. The molecule has 2 aliphatic rings. The Bertz CT molecular complexity index is 386. The van der Waals surface area contributed by atoms with Crippen molar-refractivity contribution in [2.45, 2.75) is 19.3 Å². The highest BCUT2D eigenvalue weighted by Crippen LogP contribution is 2.32. The Kier molecular flexibility index (Phi) is 2.34. The predicted octanol–water partition coefficient (Wildman–Crippen LogP) is 2.63. The van der Waals surface area contributed by atoms with Crippen LogP contribution < -0.4 is 5.32 Å². The van der Waals surface area contributed by atoms with E-state index in [0.29, 0.717) is 0 Å². The van der Waals surface area contributed by atoms with Crippen LogP contribution in [0.15, 0.2) is 29.8 Å². The maximum absolute atomic E-state index is 3.43. The molecule has 0 aromatic heterocycles. The summed E-state index contributed by atoms with van der Waals surface area (Å²) in [5, 5.41) is 3.43. The Morgan fingerprint density at radius 3 is 2.67 bits per heavy atom. The minimum atomic E-state index is 0.832. The van der Waals surface area contributed by atoms with Gasteiger partial charge < -0.3 is 5.32 Å². The third-order valence-corrected chi connectivity index (χ3v) is 3.65. The Labute approximate surface area is 91.2 Å². The minimum Gasteiger partial charge on any atom is -0.317 e. The van der Waals surface area contributed by atoms with Gasteiger partial charge in [-0.05, 0) is 49.4 Å². The highest BCUT2D eigenvalue weighted by atomic mass is 14.9. The van der Waals surface area contributed by atoms with Gasteiger partial charge in [-0.15, -0.1) is 0 Å². The summed E-state index contributed by atoms with van der Waals surface area (Å²) in [5.41, 5.74) is 4.63. The van der Waals surface area contributed by atoms with Crippen LogP contribution in [-0.4, -0.2) is 13.1 Å². The number of benzene rings is 1. The number of fused-ring (bicyclic) bond motifs is 1. The number of nitrogens with one attached hydrogen (secondary N) is 1. The molecule has 78 valence electrons. The van der Waals surface area contributed by atoms with E-state index < -0.39 is 0 Å². The number of hydrogen-bond acceptors (Lipinski definition) is 1. The second-order valence-electron chi connectivity index (χ2n) is 4.62. The van der Waals surface area contributed by atoms with Crippen molar-refractivity contribution in [1.82, 2.24) is 5.32 Å². The number of allylic oxidation sites excluding steroid dienone is 1. The zero-order valence-corrected chi connectivity index (χ0v) is 9.00. The average molecular weight is 199 g/mol. The lowest BCUT2D eigenvalue weighted by atomic mass is 9.89. The van der Waals surface area contributed by atoms with Gasteiger partial charge in [0.2, 0.25) is 0 Å². The maximum Gasteiger partial charge on any atom is -0.00432 e. The lowest BCUT2D eigenvalue weighted by Crippen LogP contribution is -2.28. The first-order valence-corrected chi connectivity index (χ1v) is 5.92. The molecule has 1 N–H and O–H groups in total. The molecule has 0 unspecified atom stereocenters. The van der Waals surface area contributed by atoms with E-state index in [4.69, 9.17) is 0 Å². The van der Waals surface area contributed by atoms with E-state index in [1.54, 1.807) is 5.57 Å². The third kappa shape index (κ3) is 1.72. The van der Waals surface area contributed by atoms with Crippen LogP contribution in [0.2, 0.25) is 0 Å². The highest BCUT2D eigenvalue weighted by Gasteiger charge is 2.21. The molecule has 0 atom stereocenters. The van der Waals surface area contributed by atoms with Gasteiger partial charge in [0.25, 0.3) is 0 Å². The molecule has 15 heavy (non-hydrogen) atoms. The van der Waals surface area contributed by atoms with Crippen molar-refractivity contribution in [3.63, 3.8) is 0 Å². The highest BCUT2D eigenvalue weighted by molar-refractivity contribution is 5.64. The molecule has 1 aliphatic carbocycles.